The molecule has 1 heterocycles. The van der Waals surface area contributed by atoms with Crippen molar-refractivity contribution < 1.29 is 19.4 Å². The molecule has 0 unspecified atom stereocenters. The number of ether oxygens (including phenoxy) is 1. The number of benzene rings is 2. The second-order valence-corrected chi connectivity index (χ2v) is 6.22. The SMILES string of the molecule is O=C(c1ccccc1)c1ccc(NCC[NH+]2CCOCC2)c([N+](=O)[O-])c1. The van der Waals surface area contributed by atoms with E-state index in [9.17, 15) is 14.9 Å². The third-order valence-electron chi connectivity index (χ3n) is 4.49. The van der Waals surface area contributed by atoms with Gasteiger partial charge in [-0.1, -0.05) is 30.3 Å². The molecule has 0 atom stereocenters. The number of hydrogen-bond acceptors (Lipinski definition) is 5. The first kappa shape index (κ1) is 18.0. The summed E-state index contributed by atoms with van der Waals surface area (Å²) >= 11 is 0. The molecule has 1 fully saturated rings. The first-order valence-corrected chi connectivity index (χ1v) is 8.68. The molecule has 0 amide bonds. The van der Waals surface area contributed by atoms with Crippen LogP contribution in [0.1, 0.15) is 15.9 Å². The lowest BCUT2D eigenvalue weighted by atomic mass is 10.0. The molecular weight excluding hydrogens is 334 g/mol. The summed E-state index contributed by atoms with van der Waals surface area (Å²) in [5.74, 6) is -0.224. The van der Waals surface area contributed by atoms with Gasteiger partial charge in [0.25, 0.3) is 5.69 Å². The topological polar surface area (TPSA) is 85.9 Å². The molecule has 26 heavy (non-hydrogen) atoms. The molecular formula is C19H22N3O4+. The van der Waals surface area contributed by atoms with Gasteiger partial charge in [-0.25, -0.2) is 0 Å². The van der Waals surface area contributed by atoms with E-state index in [-0.39, 0.29) is 11.5 Å². The zero-order valence-electron chi connectivity index (χ0n) is 14.4. The van der Waals surface area contributed by atoms with Crippen LogP contribution in [0.3, 0.4) is 0 Å². The van der Waals surface area contributed by atoms with Crippen LogP contribution in [-0.2, 0) is 4.74 Å². The Bertz CT molecular complexity index is 774. The van der Waals surface area contributed by atoms with Gasteiger partial charge in [-0.3, -0.25) is 14.9 Å². The molecule has 2 aromatic carbocycles. The fourth-order valence-electron chi connectivity index (χ4n) is 3.01. The van der Waals surface area contributed by atoms with Crippen LogP contribution >= 0.6 is 0 Å². The lowest BCUT2D eigenvalue weighted by molar-refractivity contribution is -0.906. The van der Waals surface area contributed by atoms with Gasteiger partial charge in [0, 0.05) is 17.2 Å². The number of anilines is 1. The average molecular weight is 356 g/mol. The molecule has 1 aliphatic heterocycles. The first-order valence-electron chi connectivity index (χ1n) is 8.68. The Morgan fingerprint density at radius 3 is 2.54 bits per heavy atom. The van der Waals surface area contributed by atoms with Gasteiger partial charge in [0.15, 0.2) is 5.78 Å². The normalized spacial score (nSPS) is 14.8. The Hall–Kier alpha value is -2.77. The highest BCUT2D eigenvalue weighted by molar-refractivity contribution is 6.09. The smallest absolute Gasteiger partial charge is 0.293 e. The predicted octanol–water partition coefficient (Wildman–Crippen LogP) is 1.15. The van der Waals surface area contributed by atoms with Gasteiger partial charge in [0.05, 0.1) is 31.2 Å². The number of morpholine rings is 1. The zero-order valence-corrected chi connectivity index (χ0v) is 14.4. The molecule has 0 spiro atoms. The monoisotopic (exact) mass is 356 g/mol. The van der Waals surface area contributed by atoms with Gasteiger partial charge in [0.1, 0.15) is 18.8 Å². The van der Waals surface area contributed by atoms with Gasteiger partial charge in [-0.15, -0.1) is 0 Å². The number of nitrogens with one attached hydrogen (secondary N) is 2. The maximum absolute atomic E-state index is 12.5. The minimum absolute atomic E-state index is 0.0799. The molecule has 3 rings (SSSR count). The summed E-state index contributed by atoms with van der Waals surface area (Å²) in [6.07, 6.45) is 0. The summed E-state index contributed by atoms with van der Waals surface area (Å²) in [5.41, 5.74) is 1.18. The van der Waals surface area contributed by atoms with E-state index >= 15 is 0 Å². The first-order chi connectivity index (χ1) is 12.6. The van der Waals surface area contributed by atoms with Crippen LogP contribution in [0.5, 0.6) is 0 Å². The van der Waals surface area contributed by atoms with E-state index in [1.165, 1.54) is 11.0 Å². The second-order valence-electron chi connectivity index (χ2n) is 6.22. The van der Waals surface area contributed by atoms with E-state index in [0.717, 1.165) is 32.8 Å². The van der Waals surface area contributed by atoms with E-state index in [1.807, 2.05) is 6.07 Å². The predicted molar refractivity (Wildman–Crippen MR) is 97.8 cm³/mol. The van der Waals surface area contributed by atoms with Crippen LogP contribution in [0.25, 0.3) is 0 Å². The lowest BCUT2D eigenvalue weighted by Gasteiger charge is -2.23. The van der Waals surface area contributed by atoms with Crippen molar-refractivity contribution in [2.75, 3.05) is 44.7 Å². The standard InChI is InChI=1S/C19H21N3O4/c23-19(15-4-2-1-3-5-15)16-6-7-17(18(14-16)22(24)25)20-8-9-21-10-12-26-13-11-21/h1-7,14,20H,8-13H2/p+1. The van der Waals surface area contributed by atoms with Crippen molar-refractivity contribution in [2.45, 2.75) is 0 Å². The molecule has 0 aromatic heterocycles. The van der Waals surface area contributed by atoms with Crippen molar-refractivity contribution >= 4 is 17.2 Å². The van der Waals surface area contributed by atoms with Gasteiger partial charge in [0.2, 0.25) is 0 Å². The minimum atomic E-state index is -0.453. The summed E-state index contributed by atoms with van der Waals surface area (Å²) in [6, 6.07) is 13.4. The molecule has 136 valence electrons. The summed E-state index contributed by atoms with van der Waals surface area (Å²) < 4.78 is 5.32. The van der Waals surface area contributed by atoms with E-state index < -0.39 is 4.92 Å². The molecule has 7 nitrogen and oxygen atoms in total. The molecule has 7 heteroatoms. The highest BCUT2D eigenvalue weighted by atomic mass is 16.6. The second kappa shape index (κ2) is 8.55. The van der Waals surface area contributed by atoms with Crippen molar-refractivity contribution in [1.29, 1.82) is 0 Å². The largest absolute Gasteiger partial charge is 0.374 e. The van der Waals surface area contributed by atoms with E-state index in [2.05, 4.69) is 5.32 Å². The van der Waals surface area contributed by atoms with Crippen molar-refractivity contribution in [1.82, 2.24) is 0 Å². The van der Waals surface area contributed by atoms with Crippen LogP contribution in [0.15, 0.2) is 48.5 Å². The Morgan fingerprint density at radius 2 is 1.85 bits per heavy atom. The van der Waals surface area contributed by atoms with Crippen LogP contribution in [-0.4, -0.2) is 50.1 Å². The number of carbonyl (C=O) groups excluding carboxylic acids is 1. The third kappa shape index (κ3) is 4.44. The molecule has 2 aromatic rings. The molecule has 1 saturated heterocycles. The van der Waals surface area contributed by atoms with E-state index in [4.69, 9.17) is 4.74 Å². The number of nitrogens with zero attached hydrogens (tertiary/aromatic N) is 1. The number of quaternary nitrogens is 1. The van der Waals surface area contributed by atoms with E-state index in [0.29, 0.717) is 23.4 Å². The third-order valence-corrected chi connectivity index (χ3v) is 4.49. The summed E-state index contributed by atoms with van der Waals surface area (Å²) in [4.78, 5) is 24.9. The van der Waals surface area contributed by atoms with Crippen molar-refractivity contribution in [3.8, 4) is 0 Å². The van der Waals surface area contributed by atoms with Gasteiger partial charge >= 0.3 is 0 Å². The number of nitro benzene ring substituents is 1. The van der Waals surface area contributed by atoms with Crippen molar-refractivity contribution in [2.24, 2.45) is 0 Å². The van der Waals surface area contributed by atoms with Gasteiger partial charge in [-0.2, -0.15) is 0 Å². The Labute approximate surface area is 151 Å². The quantitative estimate of drug-likeness (QED) is 0.442. The van der Waals surface area contributed by atoms with Crippen LogP contribution in [0.2, 0.25) is 0 Å². The fourth-order valence-corrected chi connectivity index (χ4v) is 3.01. The summed E-state index contributed by atoms with van der Waals surface area (Å²) in [5, 5.41) is 14.6. The average Bonchev–Trinajstić information content (AvgIpc) is 2.69. The van der Waals surface area contributed by atoms with E-state index in [1.54, 1.807) is 36.4 Å². The molecule has 0 radical (unpaired) electrons. The maximum Gasteiger partial charge on any atom is 0.293 e. The number of ketones is 1. The molecule has 1 aliphatic rings. The Morgan fingerprint density at radius 1 is 1.12 bits per heavy atom. The molecule has 0 bridgehead atoms. The number of carbonyl (C=O) groups is 1. The summed E-state index contributed by atoms with van der Waals surface area (Å²) in [7, 11) is 0. The molecule has 0 saturated carbocycles. The lowest BCUT2D eigenvalue weighted by Crippen LogP contribution is -3.14. The van der Waals surface area contributed by atoms with Crippen LogP contribution in [0, 0.1) is 10.1 Å². The maximum atomic E-state index is 12.5. The fraction of sp³-hybridized carbons (Fsp3) is 0.316. The zero-order chi connectivity index (χ0) is 18.4. The molecule has 0 aliphatic carbocycles. The highest BCUT2D eigenvalue weighted by Gasteiger charge is 2.19. The number of rotatable bonds is 7. The Balaban J connectivity index is 1.70. The highest BCUT2D eigenvalue weighted by Crippen LogP contribution is 2.26. The minimum Gasteiger partial charge on any atom is -0.374 e. The molecule has 2 N–H and O–H groups in total. The van der Waals surface area contributed by atoms with Gasteiger partial charge in [-0.05, 0) is 12.1 Å². The van der Waals surface area contributed by atoms with Crippen molar-refractivity contribution in [3.05, 3.63) is 69.8 Å². The Kier molecular flexibility index (Phi) is 5.93. The number of nitro groups is 1. The van der Waals surface area contributed by atoms with Gasteiger partial charge < -0.3 is 15.0 Å². The van der Waals surface area contributed by atoms with Crippen molar-refractivity contribution in [3.63, 3.8) is 0 Å². The number of hydrogen-bond donors (Lipinski definition) is 2. The van der Waals surface area contributed by atoms with Crippen LogP contribution in [0.4, 0.5) is 11.4 Å². The summed E-state index contributed by atoms with van der Waals surface area (Å²) in [6.45, 7) is 4.91. The van der Waals surface area contributed by atoms with Crippen LogP contribution < -0.4 is 10.2 Å².